The molecule has 10 heteroatoms. The number of benzene rings is 1. The van der Waals surface area contributed by atoms with Crippen molar-refractivity contribution in [3.8, 4) is 5.75 Å². The Bertz CT molecular complexity index is 1180. The maximum atomic E-state index is 13.0. The van der Waals surface area contributed by atoms with Gasteiger partial charge in [0.2, 0.25) is 11.9 Å². The van der Waals surface area contributed by atoms with E-state index in [9.17, 15) is 9.59 Å². The van der Waals surface area contributed by atoms with Crippen molar-refractivity contribution >= 4 is 35.0 Å². The van der Waals surface area contributed by atoms with Gasteiger partial charge in [0.15, 0.2) is 5.82 Å². The second kappa shape index (κ2) is 12.2. The minimum Gasteiger partial charge on any atom is -0.495 e. The Kier molecular flexibility index (Phi) is 8.50. The third-order valence-electron chi connectivity index (χ3n) is 8.26. The van der Waals surface area contributed by atoms with Crippen LogP contribution < -0.4 is 25.2 Å². The van der Waals surface area contributed by atoms with Gasteiger partial charge in [0, 0.05) is 50.7 Å². The molecule has 1 saturated heterocycles. The second-order valence-electron chi connectivity index (χ2n) is 10.9. The molecule has 2 aliphatic heterocycles. The van der Waals surface area contributed by atoms with Gasteiger partial charge in [0.05, 0.1) is 19.0 Å². The molecule has 39 heavy (non-hydrogen) atoms. The molecule has 2 N–H and O–H groups in total. The number of fused-ring (bicyclic) bond motifs is 1. The van der Waals surface area contributed by atoms with Gasteiger partial charge in [-0.25, -0.2) is 4.98 Å². The first-order valence-corrected chi connectivity index (χ1v) is 14.3. The highest BCUT2D eigenvalue weighted by Crippen LogP contribution is 2.37. The molecule has 0 radical (unpaired) electrons. The van der Waals surface area contributed by atoms with Crippen molar-refractivity contribution in [2.75, 3.05) is 55.5 Å². The number of piperidine rings is 1. The highest BCUT2D eigenvalue weighted by atomic mass is 16.5. The summed E-state index contributed by atoms with van der Waals surface area (Å²) in [5.41, 5.74) is 1.96. The molecule has 0 unspecified atom stereocenters. The summed E-state index contributed by atoms with van der Waals surface area (Å²) in [7, 11) is 3.38. The van der Waals surface area contributed by atoms with Gasteiger partial charge in [-0.3, -0.25) is 9.59 Å². The highest BCUT2D eigenvalue weighted by Gasteiger charge is 2.32. The molecular weight excluding hydrogens is 494 g/mol. The monoisotopic (exact) mass is 535 g/mol. The van der Waals surface area contributed by atoms with E-state index >= 15 is 0 Å². The summed E-state index contributed by atoms with van der Waals surface area (Å²) in [5.74, 6) is 1.73. The number of nitrogens with one attached hydrogen (secondary N) is 2. The van der Waals surface area contributed by atoms with Gasteiger partial charge < -0.3 is 30.1 Å². The fourth-order valence-electron chi connectivity index (χ4n) is 6.01. The fourth-order valence-corrected chi connectivity index (χ4v) is 6.01. The van der Waals surface area contributed by atoms with Crippen LogP contribution in [0.5, 0.6) is 5.75 Å². The molecule has 10 nitrogen and oxygen atoms in total. The lowest BCUT2D eigenvalue weighted by Crippen LogP contribution is -2.44. The van der Waals surface area contributed by atoms with E-state index < -0.39 is 0 Å². The lowest BCUT2D eigenvalue weighted by atomic mass is 10.0. The Labute approximate surface area is 231 Å². The zero-order chi connectivity index (χ0) is 27.4. The van der Waals surface area contributed by atoms with Gasteiger partial charge in [-0.05, 0) is 56.8 Å². The Morgan fingerprint density at radius 2 is 1.90 bits per heavy atom. The fraction of sp³-hybridized carbons (Fsp3) is 0.586. The molecule has 3 heterocycles. The summed E-state index contributed by atoms with van der Waals surface area (Å²) < 4.78 is 5.64. The molecule has 0 bridgehead atoms. The van der Waals surface area contributed by atoms with Crippen molar-refractivity contribution in [3.05, 3.63) is 30.0 Å². The number of rotatable bonds is 8. The van der Waals surface area contributed by atoms with Gasteiger partial charge >= 0.3 is 0 Å². The number of nitrogens with zero attached hydrogens (tertiary/aromatic N) is 5. The SMILES string of the molecule is CCCN1CCC(NC(=O)c2ccc(Nc3ncc4c(n3)N(C3CCCC3)CCC(=O)N4C)c(OC)c2)CC1. The quantitative estimate of drug-likeness (QED) is 0.524. The van der Waals surface area contributed by atoms with Crippen LogP contribution in [-0.2, 0) is 4.79 Å². The van der Waals surface area contributed by atoms with Crippen LogP contribution in [0.1, 0.15) is 68.6 Å². The summed E-state index contributed by atoms with van der Waals surface area (Å²) in [6.07, 6.45) is 9.89. The number of aromatic nitrogens is 2. The van der Waals surface area contributed by atoms with E-state index in [2.05, 4.69) is 32.3 Å². The van der Waals surface area contributed by atoms with Crippen LogP contribution in [0, 0.1) is 0 Å². The van der Waals surface area contributed by atoms with Gasteiger partial charge in [-0.1, -0.05) is 19.8 Å². The second-order valence-corrected chi connectivity index (χ2v) is 10.9. The number of anilines is 4. The van der Waals surface area contributed by atoms with Crippen molar-refractivity contribution in [3.63, 3.8) is 0 Å². The van der Waals surface area contributed by atoms with Gasteiger partial charge in [-0.15, -0.1) is 0 Å². The van der Waals surface area contributed by atoms with Crippen LogP contribution in [0.2, 0.25) is 0 Å². The first-order chi connectivity index (χ1) is 19.0. The molecule has 0 atom stereocenters. The van der Waals surface area contributed by atoms with E-state index in [0.717, 1.165) is 63.2 Å². The Morgan fingerprint density at radius 1 is 1.13 bits per heavy atom. The summed E-state index contributed by atoms with van der Waals surface area (Å²) in [4.78, 5) is 41.4. The van der Waals surface area contributed by atoms with E-state index in [1.54, 1.807) is 37.4 Å². The number of hydrogen-bond acceptors (Lipinski definition) is 8. The zero-order valence-corrected chi connectivity index (χ0v) is 23.4. The lowest BCUT2D eigenvalue weighted by molar-refractivity contribution is -0.118. The normalized spacial score (nSPS) is 19.1. The minimum absolute atomic E-state index is 0.0723. The molecule has 1 aliphatic carbocycles. The molecule has 3 aliphatic rings. The summed E-state index contributed by atoms with van der Waals surface area (Å²) in [6.45, 7) is 6.02. The van der Waals surface area contributed by atoms with Crippen molar-refractivity contribution in [1.29, 1.82) is 0 Å². The van der Waals surface area contributed by atoms with Crippen molar-refractivity contribution in [2.24, 2.45) is 0 Å². The van der Waals surface area contributed by atoms with E-state index in [0.29, 0.717) is 42.0 Å². The Balaban J connectivity index is 1.31. The van der Waals surface area contributed by atoms with Crippen molar-refractivity contribution < 1.29 is 14.3 Å². The molecule has 2 amide bonds. The molecule has 5 rings (SSSR count). The third kappa shape index (κ3) is 6.11. The van der Waals surface area contributed by atoms with Gasteiger partial charge in [-0.2, -0.15) is 4.98 Å². The van der Waals surface area contributed by atoms with Crippen LogP contribution in [0.4, 0.5) is 23.1 Å². The largest absolute Gasteiger partial charge is 0.495 e. The zero-order valence-electron chi connectivity index (χ0n) is 23.4. The van der Waals surface area contributed by atoms with E-state index in [-0.39, 0.29) is 17.9 Å². The molecule has 2 fully saturated rings. The van der Waals surface area contributed by atoms with Crippen LogP contribution in [0.15, 0.2) is 24.4 Å². The first-order valence-electron chi connectivity index (χ1n) is 14.3. The van der Waals surface area contributed by atoms with Gasteiger partial charge in [0.25, 0.3) is 5.91 Å². The van der Waals surface area contributed by atoms with Crippen LogP contribution in [-0.4, -0.2) is 79.1 Å². The molecule has 0 spiro atoms. The molecule has 1 aromatic carbocycles. The standard InChI is InChI=1S/C29H41N7O3/c1-4-14-35-15-11-21(12-16-35)31-28(38)20-9-10-23(25(18-20)39-3)32-29-30-19-24-27(33-29)36(22-7-5-6-8-22)17-13-26(37)34(24)2/h9-10,18-19,21-22H,4-8,11-17H2,1-3H3,(H,31,38)(H,30,32,33). The third-order valence-corrected chi connectivity index (χ3v) is 8.26. The maximum Gasteiger partial charge on any atom is 0.251 e. The average Bonchev–Trinajstić information content (AvgIpc) is 3.45. The van der Waals surface area contributed by atoms with E-state index in [1.165, 1.54) is 12.8 Å². The Hall–Kier alpha value is -3.40. The molecule has 1 aromatic heterocycles. The minimum atomic E-state index is -0.0880. The maximum absolute atomic E-state index is 13.0. The molecular formula is C29H41N7O3. The van der Waals surface area contributed by atoms with Gasteiger partial charge in [0.1, 0.15) is 11.4 Å². The van der Waals surface area contributed by atoms with Crippen molar-refractivity contribution in [2.45, 2.75) is 70.4 Å². The number of ether oxygens (including phenoxy) is 1. The first kappa shape index (κ1) is 27.2. The molecule has 1 saturated carbocycles. The average molecular weight is 536 g/mol. The Morgan fingerprint density at radius 3 is 2.62 bits per heavy atom. The molecule has 2 aromatic rings. The van der Waals surface area contributed by atoms with E-state index in [1.807, 2.05) is 6.07 Å². The van der Waals surface area contributed by atoms with Crippen LogP contribution >= 0.6 is 0 Å². The van der Waals surface area contributed by atoms with Crippen LogP contribution in [0.3, 0.4) is 0 Å². The predicted molar refractivity (Wildman–Crippen MR) is 153 cm³/mol. The lowest BCUT2D eigenvalue weighted by Gasteiger charge is -2.32. The van der Waals surface area contributed by atoms with E-state index in [4.69, 9.17) is 9.72 Å². The topological polar surface area (TPSA) is 103 Å². The number of likely N-dealkylation sites (tertiary alicyclic amines) is 1. The smallest absolute Gasteiger partial charge is 0.251 e. The summed E-state index contributed by atoms with van der Waals surface area (Å²) in [5, 5.41) is 6.47. The number of carbonyl (C=O) groups is 2. The van der Waals surface area contributed by atoms with Crippen LogP contribution in [0.25, 0.3) is 0 Å². The predicted octanol–water partition coefficient (Wildman–Crippen LogP) is 3.95. The molecule has 210 valence electrons. The summed E-state index contributed by atoms with van der Waals surface area (Å²) >= 11 is 0. The number of hydrogen-bond donors (Lipinski definition) is 2. The number of methoxy groups -OCH3 is 1. The summed E-state index contributed by atoms with van der Waals surface area (Å²) in [6, 6.07) is 5.96. The number of carbonyl (C=O) groups excluding carboxylic acids is 2. The highest BCUT2D eigenvalue weighted by molar-refractivity contribution is 5.97. The van der Waals surface area contributed by atoms with Crippen molar-refractivity contribution in [1.82, 2.24) is 20.2 Å². The number of amides is 2.